The first-order chi connectivity index (χ1) is 4.84. The quantitative estimate of drug-likeness (QED) is 0.486. The van der Waals surface area contributed by atoms with Gasteiger partial charge in [0.2, 0.25) is 0 Å². The summed E-state index contributed by atoms with van der Waals surface area (Å²) < 4.78 is 0. The standard InChI is InChI=1S/C7H10NO2/c9-5-7(10)6-3-1-2-4-8-6/h1-4,7-10H,5H2. The molecule has 0 saturated heterocycles. The number of aliphatic hydroxyl groups is 2. The summed E-state index contributed by atoms with van der Waals surface area (Å²) in [6, 6.07) is 0.630. The molecule has 1 atom stereocenters. The minimum absolute atomic E-state index is 0.249. The van der Waals surface area contributed by atoms with Crippen molar-refractivity contribution in [1.29, 1.82) is 0 Å². The van der Waals surface area contributed by atoms with E-state index in [1.807, 2.05) is 6.08 Å². The zero-order valence-corrected chi connectivity index (χ0v) is 5.49. The Morgan fingerprint density at radius 3 is 2.80 bits per heavy atom. The summed E-state index contributed by atoms with van der Waals surface area (Å²) in [4.78, 5) is 0. The Balaban J connectivity index is 2.42. The second-order valence-corrected chi connectivity index (χ2v) is 2.02. The summed E-state index contributed by atoms with van der Waals surface area (Å²) in [6.07, 6.45) is 6.24. The molecule has 0 aliphatic carbocycles. The molecule has 0 aromatic heterocycles. The number of aliphatic hydroxyl groups excluding tert-OH is 2. The van der Waals surface area contributed by atoms with E-state index in [4.69, 9.17) is 10.2 Å². The fourth-order valence-corrected chi connectivity index (χ4v) is 0.713. The van der Waals surface area contributed by atoms with Gasteiger partial charge in [-0.05, 0) is 12.3 Å². The first kappa shape index (κ1) is 7.31. The van der Waals surface area contributed by atoms with Crippen LogP contribution in [-0.2, 0) is 0 Å². The van der Waals surface area contributed by atoms with Crippen LogP contribution in [0.1, 0.15) is 0 Å². The van der Waals surface area contributed by atoms with Crippen LogP contribution in [0.5, 0.6) is 0 Å². The van der Waals surface area contributed by atoms with E-state index < -0.39 is 6.10 Å². The van der Waals surface area contributed by atoms with E-state index in [-0.39, 0.29) is 6.61 Å². The lowest BCUT2D eigenvalue weighted by atomic mass is 10.1. The Bertz CT molecular complexity index is 154. The van der Waals surface area contributed by atoms with E-state index in [2.05, 4.69) is 5.32 Å². The van der Waals surface area contributed by atoms with Gasteiger partial charge in [-0.15, -0.1) is 0 Å². The van der Waals surface area contributed by atoms with Crippen molar-refractivity contribution in [3.8, 4) is 0 Å². The molecule has 55 valence electrons. The minimum Gasteiger partial charge on any atom is -0.394 e. The number of rotatable bonds is 2. The molecule has 0 bridgehead atoms. The zero-order valence-electron chi connectivity index (χ0n) is 5.49. The van der Waals surface area contributed by atoms with Crippen molar-refractivity contribution >= 4 is 0 Å². The number of nitrogens with one attached hydrogen (secondary N) is 1. The maximum atomic E-state index is 9.05. The molecule has 3 heteroatoms. The second-order valence-electron chi connectivity index (χ2n) is 2.02. The Kier molecular flexibility index (Phi) is 2.48. The van der Waals surface area contributed by atoms with Crippen LogP contribution in [0.2, 0.25) is 0 Å². The van der Waals surface area contributed by atoms with E-state index in [0.717, 1.165) is 0 Å². The molecule has 1 aliphatic rings. The van der Waals surface area contributed by atoms with Gasteiger partial charge in [0.05, 0.1) is 6.61 Å². The fourth-order valence-electron chi connectivity index (χ4n) is 0.713. The molecule has 0 aromatic rings. The van der Waals surface area contributed by atoms with Crippen LogP contribution in [0, 0.1) is 6.04 Å². The average Bonchev–Trinajstić information content (AvgIpc) is 2.05. The van der Waals surface area contributed by atoms with Gasteiger partial charge >= 0.3 is 0 Å². The van der Waals surface area contributed by atoms with Gasteiger partial charge in [-0.3, -0.25) is 0 Å². The molecule has 1 rings (SSSR count). The number of allylic oxidation sites excluding steroid dienone is 2. The van der Waals surface area contributed by atoms with Crippen LogP contribution in [0.3, 0.4) is 0 Å². The van der Waals surface area contributed by atoms with Gasteiger partial charge < -0.3 is 15.5 Å². The van der Waals surface area contributed by atoms with Crippen molar-refractivity contribution in [2.45, 2.75) is 6.10 Å². The van der Waals surface area contributed by atoms with E-state index in [9.17, 15) is 0 Å². The largest absolute Gasteiger partial charge is 0.394 e. The molecule has 0 fully saturated rings. The lowest BCUT2D eigenvalue weighted by Crippen LogP contribution is -2.30. The third-order valence-electron chi connectivity index (χ3n) is 1.27. The van der Waals surface area contributed by atoms with Crippen LogP contribution >= 0.6 is 0 Å². The van der Waals surface area contributed by atoms with Crippen LogP contribution in [-0.4, -0.2) is 22.9 Å². The zero-order chi connectivity index (χ0) is 7.40. The molecule has 1 unspecified atom stereocenters. The summed E-state index contributed by atoms with van der Waals surface area (Å²) in [5, 5.41) is 20.4. The molecule has 3 N–H and O–H groups in total. The van der Waals surface area contributed by atoms with Crippen LogP contribution in [0.25, 0.3) is 0 Å². The molecule has 0 amide bonds. The maximum absolute atomic E-state index is 9.05. The number of hydrogen-bond acceptors (Lipinski definition) is 3. The van der Waals surface area contributed by atoms with E-state index in [0.29, 0.717) is 6.04 Å². The highest BCUT2D eigenvalue weighted by Crippen LogP contribution is 2.07. The van der Waals surface area contributed by atoms with Gasteiger partial charge in [0.1, 0.15) is 12.1 Å². The van der Waals surface area contributed by atoms with Crippen molar-refractivity contribution < 1.29 is 10.2 Å². The van der Waals surface area contributed by atoms with Crippen molar-refractivity contribution in [1.82, 2.24) is 5.32 Å². The first-order valence-corrected chi connectivity index (χ1v) is 3.10. The van der Waals surface area contributed by atoms with E-state index in [1.54, 1.807) is 18.4 Å². The summed E-state index contributed by atoms with van der Waals surface area (Å²) in [5.74, 6) is 0. The molecular formula is C7H10NO2. The van der Waals surface area contributed by atoms with Crippen LogP contribution in [0.4, 0.5) is 0 Å². The van der Waals surface area contributed by atoms with Gasteiger partial charge in [-0.2, -0.15) is 0 Å². The van der Waals surface area contributed by atoms with Crippen LogP contribution in [0.15, 0.2) is 24.4 Å². The average molecular weight is 140 g/mol. The van der Waals surface area contributed by atoms with Gasteiger partial charge in [0.15, 0.2) is 0 Å². The topological polar surface area (TPSA) is 52.5 Å². The molecule has 0 saturated carbocycles. The lowest BCUT2D eigenvalue weighted by Gasteiger charge is -2.18. The Morgan fingerprint density at radius 2 is 2.30 bits per heavy atom. The summed E-state index contributed by atoms with van der Waals surface area (Å²) >= 11 is 0. The lowest BCUT2D eigenvalue weighted by molar-refractivity contribution is 0.105. The summed E-state index contributed by atoms with van der Waals surface area (Å²) in [7, 11) is 0. The Morgan fingerprint density at radius 1 is 1.50 bits per heavy atom. The maximum Gasteiger partial charge on any atom is 0.113 e. The predicted octanol–water partition coefficient (Wildman–Crippen LogP) is -0.455. The molecule has 1 radical (unpaired) electrons. The van der Waals surface area contributed by atoms with E-state index in [1.165, 1.54) is 0 Å². The Labute approximate surface area is 59.7 Å². The van der Waals surface area contributed by atoms with Crippen molar-refractivity contribution in [3.63, 3.8) is 0 Å². The molecule has 1 aliphatic heterocycles. The highest BCUT2D eigenvalue weighted by atomic mass is 16.3. The normalized spacial score (nSPS) is 20.6. The van der Waals surface area contributed by atoms with Crippen molar-refractivity contribution in [2.75, 3.05) is 6.61 Å². The molecule has 10 heavy (non-hydrogen) atoms. The van der Waals surface area contributed by atoms with Gasteiger partial charge in [-0.1, -0.05) is 12.2 Å². The number of dihydropyridines is 1. The molecule has 1 heterocycles. The van der Waals surface area contributed by atoms with Crippen LogP contribution < -0.4 is 5.32 Å². The SMILES string of the molecule is OCC(O)[C]1C=CC=CN1. The summed E-state index contributed by atoms with van der Waals surface area (Å²) in [6.45, 7) is -0.249. The van der Waals surface area contributed by atoms with Gasteiger partial charge in [-0.25, -0.2) is 0 Å². The third kappa shape index (κ3) is 1.59. The number of hydrogen-bond donors (Lipinski definition) is 3. The smallest absolute Gasteiger partial charge is 0.113 e. The molecular weight excluding hydrogens is 130 g/mol. The molecule has 3 nitrogen and oxygen atoms in total. The molecule has 0 aromatic carbocycles. The fraction of sp³-hybridized carbons (Fsp3) is 0.286. The summed E-state index contributed by atoms with van der Waals surface area (Å²) in [5.41, 5.74) is 0. The Hall–Kier alpha value is -0.800. The predicted molar refractivity (Wildman–Crippen MR) is 37.8 cm³/mol. The molecule has 0 spiro atoms. The first-order valence-electron chi connectivity index (χ1n) is 3.10. The van der Waals surface area contributed by atoms with E-state index >= 15 is 0 Å². The third-order valence-corrected chi connectivity index (χ3v) is 1.27. The highest BCUT2D eigenvalue weighted by molar-refractivity contribution is 5.23. The van der Waals surface area contributed by atoms with Gasteiger partial charge in [0.25, 0.3) is 0 Å². The van der Waals surface area contributed by atoms with Crippen molar-refractivity contribution in [2.24, 2.45) is 0 Å². The van der Waals surface area contributed by atoms with Crippen molar-refractivity contribution in [3.05, 3.63) is 30.5 Å². The second kappa shape index (κ2) is 3.39. The highest BCUT2D eigenvalue weighted by Gasteiger charge is 2.15. The minimum atomic E-state index is -0.791. The monoisotopic (exact) mass is 140 g/mol. The van der Waals surface area contributed by atoms with Gasteiger partial charge in [0, 0.05) is 0 Å².